The number of nitro groups is 1. The first-order valence-electron chi connectivity index (χ1n) is 6.78. The number of thiocarbonyl (C=S) groups is 1. The third-order valence-electron chi connectivity index (χ3n) is 3.09. The molecule has 0 aliphatic rings. The normalized spacial score (nSPS) is 10.1. The summed E-state index contributed by atoms with van der Waals surface area (Å²) >= 11 is 16.4. The van der Waals surface area contributed by atoms with Crippen LogP contribution in [0.2, 0.25) is 10.0 Å². The largest absolute Gasteiger partial charge is 0.478 e. The number of carboxylic acid groups (broad SMARTS) is 1. The van der Waals surface area contributed by atoms with E-state index in [0.29, 0.717) is 0 Å². The maximum absolute atomic E-state index is 12.2. The molecule has 0 saturated heterocycles. The third-order valence-corrected chi connectivity index (χ3v) is 3.85. The molecule has 0 aromatic heterocycles. The number of amides is 1. The lowest BCUT2D eigenvalue weighted by Gasteiger charge is -2.12. The molecule has 0 aliphatic carbocycles. The lowest BCUT2D eigenvalue weighted by atomic mass is 10.2. The second kappa shape index (κ2) is 8.09. The van der Waals surface area contributed by atoms with Crippen molar-refractivity contribution in [1.82, 2.24) is 5.32 Å². The number of nitrogens with one attached hydrogen (secondary N) is 2. The Morgan fingerprint density at radius 1 is 1.15 bits per heavy atom. The predicted molar refractivity (Wildman–Crippen MR) is 100 cm³/mol. The van der Waals surface area contributed by atoms with Crippen LogP contribution >= 0.6 is 35.4 Å². The number of aromatic carboxylic acids is 1. The standard InChI is InChI=1S/C15H9Cl2N3O5S/c16-8-2-4-11(9(6-8)14(22)23)18-15(26)19-13(21)7-1-3-10(17)12(5-7)20(24)25/h1-6H,(H,22,23)(H2,18,19,21,26). The zero-order valence-electron chi connectivity index (χ0n) is 12.7. The van der Waals surface area contributed by atoms with Gasteiger partial charge in [-0.25, -0.2) is 4.79 Å². The molecule has 2 aromatic carbocycles. The average Bonchev–Trinajstić information content (AvgIpc) is 2.56. The second-order valence-electron chi connectivity index (χ2n) is 4.83. The minimum absolute atomic E-state index is 0.0418. The summed E-state index contributed by atoms with van der Waals surface area (Å²) in [6.07, 6.45) is 0. The van der Waals surface area contributed by atoms with E-state index in [1.165, 1.54) is 30.3 Å². The van der Waals surface area contributed by atoms with Gasteiger partial charge in [-0.15, -0.1) is 0 Å². The highest BCUT2D eigenvalue weighted by Gasteiger charge is 2.18. The molecular weight excluding hydrogens is 405 g/mol. The van der Waals surface area contributed by atoms with Gasteiger partial charge >= 0.3 is 5.97 Å². The first kappa shape index (κ1) is 19.6. The lowest BCUT2D eigenvalue weighted by Crippen LogP contribution is -2.34. The van der Waals surface area contributed by atoms with Crippen molar-refractivity contribution < 1.29 is 19.6 Å². The van der Waals surface area contributed by atoms with Crippen molar-refractivity contribution in [3.63, 3.8) is 0 Å². The number of nitro benzene ring substituents is 1. The Hall–Kier alpha value is -2.75. The number of carbonyl (C=O) groups excluding carboxylic acids is 1. The van der Waals surface area contributed by atoms with Crippen LogP contribution in [0.25, 0.3) is 0 Å². The number of hydrogen-bond acceptors (Lipinski definition) is 5. The molecule has 0 radical (unpaired) electrons. The number of nitrogens with zero attached hydrogens (tertiary/aromatic N) is 1. The third kappa shape index (κ3) is 4.66. The van der Waals surface area contributed by atoms with E-state index in [9.17, 15) is 19.7 Å². The molecule has 2 rings (SSSR count). The van der Waals surface area contributed by atoms with Crippen molar-refractivity contribution in [2.24, 2.45) is 0 Å². The quantitative estimate of drug-likeness (QED) is 0.396. The molecule has 8 nitrogen and oxygen atoms in total. The Bertz CT molecular complexity index is 935. The highest BCUT2D eigenvalue weighted by molar-refractivity contribution is 7.80. The van der Waals surface area contributed by atoms with Gasteiger partial charge < -0.3 is 10.4 Å². The Kier molecular flexibility index (Phi) is 6.09. The summed E-state index contributed by atoms with van der Waals surface area (Å²) in [4.78, 5) is 33.5. The lowest BCUT2D eigenvalue weighted by molar-refractivity contribution is -0.384. The summed E-state index contributed by atoms with van der Waals surface area (Å²) in [6.45, 7) is 0. The van der Waals surface area contributed by atoms with Gasteiger partial charge in [-0.2, -0.15) is 0 Å². The summed E-state index contributed by atoms with van der Waals surface area (Å²) in [5, 5.41) is 24.8. The van der Waals surface area contributed by atoms with Crippen molar-refractivity contribution in [3.05, 3.63) is 67.7 Å². The van der Waals surface area contributed by atoms with Gasteiger partial charge in [0.2, 0.25) is 0 Å². The van der Waals surface area contributed by atoms with Crippen LogP contribution in [-0.2, 0) is 0 Å². The molecule has 0 bridgehead atoms. The molecule has 0 heterocycles. The van der Waals surface area contributed by atoms with E-state index >= 15 is 0 Å². The molecule has 1 amide bonds. The highest BCUT2D eigenvalue weighted by atomic mass is 35.5. The van der Waals surface area contributed by atoms with Crippen LogP contribution in [0.5, 0.6) is 0 Å². The average molecular weight is 414 g/mol. The van der Waals surface area contributed by atoms with Crippen LogP contribution in [-0.4, -0.2) is 27.0 Å². The monoisotopic (exact) mass is 413 g/mol. The first-order chi connectivity index (χ1) is 12.2. The molecular formula is C15H9Cl2N3O5S. The van der Waals surface area contributed by atoms with Crippen LogP contribution < -0.4 is 10.6 Å². The highest BCUT2D eigenvalue weighted by Crippen LogP contribution is 2.25. The second-order valence-corrected chi connectivity index (χ2v) is 6.08. The Morgan fingerprint density at radius 3 is 2.46 bits per heavy atom. The fourth-order valence-electron chi connectivity index (χ4n) is 1.93. The molecule has 0 spiro atoms. The van der Waals surface area contributed by atoms with E-state index in [-0.39, 0.29) is 32.0 Å². The molecule has 0 aliphatic heterocycles. The molecule has 0 unspecified atom stereocenters. The van der Waals surface area contributed by atoms with Gasteiger partial charge in [0.1, 0.15) is 5.02 Å². The number of benzene rings is 2. The molecule has 2 aromatic rings. The number of carbonyl (C=O) groups is 2. The van der Waals surface area contributed by atoms with Gasteiger partial charge in [-0.1, -0.05) is 23.2 Å². The minimum atomic E-state index is -1.24. The first-order valence-corrected chi connectivity index (χ1v) is 7.94. The van der Waals surface area contributed by atoms with Crippen molar-refractivity contribution >= 4 is 63.8 Å². The van der Waals surface area contributed by atoms with Crippen LogP contribution in [0.4, 0.5) is 11.4 Å². The van der Waals surface area contributed by atoms with Crippen molar-refractivity contribution in [1.29, 1.82) is 0 Å². The fraction of sp³-hybridized carbons (Fsp3) is 0. The Balaban J connectivity index is 2.16. The molecule has 134 valence electrons. The topological polar surface area (TPSA) is 122 Å². The van der Waals surface area contributed by atoms with Gasteiger partial charge in [0, 0.05) is 16.7 Å². The molecule has 3 N–H and O–H groups in total. The maximum atomic E-state index is 12.2. The van der Waals surface area contributed by atoms with Gasteiger partial charge in [-0.05, 0) is 42.5 Å². The van der Waals surface area contributed by atoms with Crippen LogP contribution in [0, 0.1) is 10.1 Å². The van der Waals surface area contributed by atoms with Gasteiger partial charge in [0.15, 0.2) is 5.11 Å². The van der Waals surface area contributed by atoms with E-state index in [1.807, 2.05) is 0 Å². The summed E-state index contributed by atoms with van der Waals surface area (Å²) in [5.74, 6) is -1.97. The smallest absolute Gasteiger partial charge is 0.337 e. The molecule has 0 saturated carbocycles. The Labute approximate surface area is 161 Å². The number of anilines is 1. The van der Waals surface area contributed by atoms with E-state index in [1.54, 1.807) is 0 Å². The van der Waals surface area contributed by atoms with Gasteiger partial charge in [-0.3, -0.25) is 20.2 Å². The SMILES string of the molecule is O=C(NC(=S)Nc1ccc(Cl)cc1C(=O)O)c1ccc(Cl)c([N+](=O)[O-])c1. The van der Waals surface area contributed by atoms with Crippen molar-refractivity contribution in [3.8, 4) is 0 Å². The van der Waals surface area contributed by atoms with E-state index in [4.69, 9.17) is 40.5 Å². The van der Waals surface area contributed by atoms with Crippen LogP contribution in [0.15, 0.2) is 36.4 Å². The molecule has 11 heteroatoms. The molecule has 0 fully saturated rings. The van der Waals surface area contributed by atoms with E-state index in [0.717, 1.165) is 6.07 Å². The maximum Gasteiger partial charge on any atom is 0.337 e. The zero-order valence-corrected chi connectivity index (χ0v) is 15.0. The Morgan fingerprint density at radius 2 is 1.85 bits per heavy atom. The van der Waals surface area contributed by atoms with E-state index < -0.39 is 22.5 Å². The number of rotatable bonds is 4. The number of carboxylic acids is 1. The molecule has 26 heavy (non-hydrogen) atoms. The fourth-order valence-corrected chi connectivity index (χ4v) is 2.49. The summed E-state index contributed by atoms with van der Waals surface area (Å²) in [6, 6.07) is 7.57. The van der Waals surface area contributed by atoms with Gasteiger partial charge in [0.05, 0.1) is 16.2 Å². The summed E-state index contributed by atoms with van der Waals surface area (Å²) in [5.41, 5.74) is -0.491. The zero-order chi connectivity index (χ0) is 19.4. The summed E-state index contributed by atoms with van der Waals surface area (Å²) < 4.78 is 0. The predicted octanol–water partition coefficient (Wildman–Crippen LogP) is 3.73. The van der Waals surface area contributed by atoms with Gasteiger partial charge in [0.25, 0.3) is 11.6 Å². The van der Waals surface area contributed by atoms with Crippen LogP contribution in [0.1, 0.15) is 20.7 Å². The van der Waals surface area contributed by atoms with Crippen molar-refractivity contribution in [2.45, 2.75) is 0 Å². The minimum Gasteiger partial charge on any atom is -0.478 e. The van der Waals surface area contributed by atoms with E-state index in [2.05, 4.69) is 10.6 Å². The number of hydrogen-bond donors (Lipinski definition) is 3. The van der Waals surface area contributed by atoms with Crippen LogP contribution in [0.3, 0.4) is 0 Å². The summed E-state index contributed by atoms with van der Waals surface area (Å²) in [7, 11) is 0. The van der Waals surface area contributed by atoms with Crippen molar-refractivity contribution in [2.75, 3.05) is 5.32 Å². The molecule has 0 atom stereocenters. The number of halogens is 2.